The average Bonchev–Trinajstić information content (AvgIpc) is 2.40. The predicted octanol–water partition coefficient (Wildman–Crippen LogP) is 5.08. The van der Waals surface area contributed by atoms with Crippen molar-refractivity contribution in [3.8, 4) is 0 Å². The second kappa shape index (κ2) is 9.49. The Balaban J connectivity index is 2.40. The summed E-state index contributed by atoms with van der Waals surface area (Å²) in [5.41, 5.74) is 1.07. The molecule has 0 amide bonds. The van der Waals surface area contributed by atoms with Gasteiger partial charge in [0.15, 0.2) is 0 Å². The number of aryl methyl sites for hydroxylation is 1. The third-order valence-electron chi connectivity index (χ3n) is 3.33. The molecule has 108 valence electrons. The van der Waals surface area contributed by atoms with Crippen molar-refractivity contribution in [1.29, 1.82) is 0 Å². The number of halogens is 2. The van der Waals surface area contributed by atoms with E-state index in [2.05, 4.69) is 35.1 Å². The SMILES string of the molecule is CCCNC(CCC)CCCc1cc(F)ccc1Br. The number of nitrogens with one attached hydrogen (secondary N) is 1. The quantitative estimate of drug-likeness (QED) is 0.666. The number of hydrogen-bond acceptors (Lipinski definition) is 1. The van der Waals surface area contributed by atoms with E-state index in [1.807, 2.05) is 0 Å². The minimum Gasteiger partial charge on any atom is -0.314 e. The van der Waals surface area contributed by atoms with Gasteiger partial charge in [-0.1, -0.05) is 36.2 Å². The molecule has 0 aliphatic carbocycles. The van der Waals surface area contributed by atoms with Crippen LogP contribution in [0.25, 0.3) is 0 Å². The Morgan fingerprint density at radius 3 is 2.68 bits per heavy atom. The zero-order chi connectivity index (χ0) is 14.1. The van der Waals surface area contributed by atoms with Crippen LogP contribution in [0.15, 0.2) is 22.7 Å². The van der Waals surface area contributed by atoms with Crippen molar-refractivity contribution in [3.05, 3.63) is 34.1 Å². The van der Waals surface area contributed by atoms with E-state index in [-0.39, 0.29) is 5.82 Å². The van der Waals surface area contributed by atoms with Crippen molar-refractivity contribution < 1.29 is 4.39 Å². The van der Waals surface area contributed by atoms with Crippen molar-refractivity contribution >= 4 is 15.9 Å². The Hall–Kier alpha value is -0.410. The molecule has 0 radical (unpaired) electrons. The molecule has 0 saturated heterocycles. The van der Waals surface area contributed by atoms with Gasteiger partial charge in [0.2, 0.25) is 0 Å². The van der Waals surface area contributed by atoms with Crippen LogP contribution in [0.4, 0.5) is 4.39 Å². The second-order valence-electron chi connectivity index (χ2n) is 5.07. The summed E-state index contributed by atoms with van der Waals surface area (Å²) in [5, 5.41) is 3.60. The number of rotatable bonds is 9. The second-order valence-corrected chi connectivity index (χ2v) is 5.92. The molecular weight excluding hydrogens is 305 g/mol. The summed E-state index contributed by atoms with van der Waals surface area (Å²) in [6, 6.07) is 5.54. The summed E-state index contributed by atoms with van der Waals surface area (Å²) in [4.78, 5) is 0. The summed E-state index contributed by atoms with van der Waals surface area (Å²) < 4.78 is 14.2. The third kappa shape index (κ3) is 6.53. The molecule has 1 aromatic carbocycles. The molecule has 19 heavy (non-hydrogen) atoms. The highest BCUT2D eigenvalue weighted by Crippen LogP contribution is 2.20. The van der Waals surface area contributed by atoms with Crippen LogP contribution in [0.2, 0.25) is 0 Å². The minimum atomic E-state index is -0.146. The van der Waals surface area contributed by atoms with Gasteiger partial charge in [0.1, 0.15) is 5.82 Å². The Morgan fingerprint density at radius 1 is 1.21 bits per heavy atom. The lowest BCUT2D eigenvalue weighted by atomic mass is 10.0. The van der Waals surface area contributed by atoms with E-state index in [0.717, 1.165) is 35.8 Å². The lowest BCUT2D eigenvalue weighted by Crippen LogP contribution is -2.29. The third-order valence-corrected chi connectivity index (χ3v) is 4.10. The highest BCUT2D eigenvalue weighted by atomic mass is 79.9. The van der Waals surface area contributed by atoms with Crippen LogP contribution >= 0.6 is 15.9 Å². The summed E-state index contributed by atoms with van der Waals surface area (Å²) in [6.45, 7) is 5.51. The molecule has 0 aliphatic heterocycles. The lowest BCUT2D eigenvalue weighted by molar-refractivity contribution is 0.437. The van der Waals surface area contributed by atoms with Crippen LogP contribution in [0.3, 0.4) is 0 Å². The first-order valence-electron chi connectivity index (χ1n) is 7.34. The van der Waals surface area contributed by atoms with Gasteiger partial charge in [-0.2, -0.15) is 0 Å². The Kier molecular flexibility index (Phi) is 8.31. The van der Waals surface area contributed by atoms with Gasteiger partial charge in [0.05, 0.1) is 0 Å². The first-order chi connectivity index (χ1) is 9.17. The molecule has 1 atom stereocenters. The van der Waals surface area contributed by atoms with Gasteiger partial charge in [0.25, 0.3) is 0 Å². The van der Waals surface area contributed by atoms with Crippen LogP contribution in [-0.2, 0) is 6.42 Å². The zero-order valence-electron chi connectivity index (χ0n) is 12.0. The highest BCUT2D eigenvalue weighted by Gasteiger charge is 2.07. The van der Waals surface area contributed by atoms with Gasteiger partial charge in [-0.05, 0) is 62.4 Å². The molecular formula is C16H25BrFN. The maximum atomic E-state index is 13.2. The molecule has 0 fully saturated rings. The van der Waals surface area contributed by atoms with Crippen molar-refractivity contribution in [2.24, 2.45) is 0 Å². The van der Waals surface area contributed by atoms with E-state index in [9.17, 15) is 4.39 Å². The normalized spacial score (nSPS) is 12.6. The predicted molar refractivity (Wildman–Crippen MR) is 84.0 cm³/mol. The number of hydrogen-bond donors (Lipinski definition) is 1. The molecule has 0 bridgehead atoms. The van der Waals surface area contributed by atoms with Gasteiger partial charge >= 0.3 is 0 Å². The van der Waals surface area contributed by atoms with E-state index >= 15 is 0 Å². The molecule has 1 aromatic rings. The fourth-order valence-corrected chi connectivity index (χ4v) is 2.76. The minimum absolute atomic E-state index is 0.146. The molecule has 1 N–H and O–H groups in total. The van der Waals surface area contributed by atoms with Gasteiger partial charge in [-0.3, -0.25) is 0 Å². The molecule has 0 aliphatic rings. The molecule has 1 rings (SSSR count). The van der Waals surface area contributed by atoms with Crippen LogP contribution < -0.4 is 5.32 Å². The topological polar surface area (TPSA) is 12.0 Å². The average molecular weight is 330 g/mol. The van der Waals surface area contributed by atoms with Crippen molar-refractivity contribution in [3.63, 3.8) is 0 Å². The maximum Gasteiger partial charge on any atom is 0.123 e. The molecule has 3 heteroatoms. The zero-order valence-corrected chi connectivity index (χ0v) is 13.6. The monoisotopic (exact) mass is 329 g/mol. The first kappa shape index (κ1) is 16.6. The van der Waals surface area contributed by atoms with E-state index in [0.29, 0.717) is 6.04 Å². The van der Waals surface area contributed by atoms with Crippen LogP contribution in [-0.4, -0.2) is 12.6 Å². The van der Waals surface area contributed by atoms with Crippen molar-refractivity contribution in [1.82, 2.24) is 5.32 Å². The smallest absolute Gasteiger partial charge is 0.123 e. The molecule has 0 aromatic heterocycles. The molecule has 0 saturated carbocycles. The van der Waals surface area contributed by atoms with Crippen LogP contribution in [0.1, 0.15) is 51.5 Å². The summed E-state index contributed by atoms with van der Waals surface area (Å²) in [5.74, 6) is -0.146. The van der Waals surface area contributed by atoms with E-state index in [1.54, 1.807) is 12.1 Å². The molecule has 1 unspecified atom stereocenters. The van der Waals surface area contributed by atoms with Crippen LogP contribution in [0.5, 0.6) is 0 Å². The van der Waals surface area contributed by atoms with Crippen molar-refractivity contribution in [2.75, 3.05) is 6.54 Å². The molecule has 0 heterocycles. The van der Waals surface area contributed by atoms with Gasteiger partial charge in [0, 0.05) is 10.5 Å². The van der Waals surface area contributed by atoms with E-state index < -0.39 is 0 Å². The Labute approximate surface area is 125 Å². The van der Waals surface area contributed by atoms with Gasteiger partial charge in [-0.15, -0.1) is 0 Å². The Morgan fingerprint density at radius 2 is 2.00 bits per heavy atom. The Bertz CT molecular complexity index is 368. The maximum absolute atomic E-state index is 13.2. The molecule has 0 spiro atoms. The summed E-state index contributed by atoms with van der Waals surface area (Å²) >= 11 is 3.49. The lowest BCUT2D eigenvalue weighted by Gasteiger charge is -2.17. The standard InChI is InChI=1S/C16H25BrFN/c1-3-6-15(19-11-4-2)8-5-7-13-12-14(18)9-10-16(13)17/h9-10,12,15,19H,3-8,11H2,1-2H3. The van der Waals surface area contributed by atoms with E-state index in [4.69, 9.17) is 0 Å². The first-order valence-corrected chi connectivity index (χ1v) is 8.14. The van der Waals surface area contributed by atoms with Crippen molar-refractivity contribution in [2.45, 2.75) is 58.4 Å². The van der Waals surface area contributed by atoms with Gasteiger partial charge < -0.3 is 5.32 Å². The summed E-state index contributed by atoms with van der Waals surface area (Å²) in [6.07, 6.45) is 6.82. The molecule has 1 nitrogen and oxygen atoms in total. The largest absolute Gasteiger partial charge is 0.314 e. The van der Waals surface area contributed by atoms with Gasteiger partial charge in [-0.25, -0.2) is 4.39 Å². The van der Waals surface area contributed by atoms with E-state index in [1.165, 1.54) is 25.3 Å². The number of benzene rings is 1. The fraction of sp³-hybridized carbons (Fsp3) is 0.625. The fourth-order valence-electron chi connectivity index (χ4n) is 2.32. The van der Waals surface area contributed by atoms with Crippen LogP contribution in [0, 0.1) is 5.82 Å². The highest BCUT2D eigenvalue weighted by molar-refractivity contribution is 9.10. The summed E-state index contributed by atoms with van der Waals surface area (Å²) in [7, 11) is 0.